The van der Waals surface area contributed by atoms with E-state index in [2.05, 4.69) is 15.0 Å². The zero-order valence-electron chi connectivity index (χ0n) is 12.4. The molecule has 0 saturated carbocycles. The van der Waals surface area contributed by atoms with Crippen molar-refractivity contribution in [3.05, 3.63) is 27.9 Å². The van der Waals surface area contributed by atoms with Crippen molar-refractivity contribution in [3.63, 3.8) is 0 Å². The number of rotatable bonds is 7. The molecule has 0 aliphatic heterocycles. The van der Waals surface area contributed by atoms with Gasteiger partial charge in [-0.2, -0.15) is 0 Å². The van der Waals surface area contributed by atoms with Crippen molar-refractivity contribution in [2.24, 2.45) is 10.9 Å². The summed E-state index contributed by atoms with van der Waals surface area (Å²) in [7, 11) is 5.81. The van der Waals surface area contributed by atoms with E-state index in [1.54, 1.807) is 6.07 Å². The van der Waals surface area contributed by atoms with Gasteiger partial charge in [-0.1, -0.05) is 5.16 Å². The topological polar surface area (TPSA) is 121 Å². The first-order chi connectivity index (χ1) is 9.86. The Kier molecular flexibility index (Phi) is 5.85. The van der Waals surface area contributed by atoms with Gasteiger partial charge in [0.2, 0.25) is 0 Å². The van der Waals surface area contributed by atoms with Gasteiger partial charge in [-0.15, -0.1) is 0 Å². The fourth-order valence-corrected chi connectivity index (χ4v) is 1.78. The maximum Gasteiger partial charge on any atom is 0.298 e. The van der Waals surface area contributed by atoms with Crippen LogP contribution in [0, 0.1) is 10.1 Å². The number of nitro groups is 1. The highest BCUT2D eigenvalue weighted by molar-refractivity contribution is 5.99. The van der Waals surface area contributed by atoms with Crippen LogP contribution in [0.4, 0.5) is 11.5 Å². The minimum absolute atomic E-state index is 0.139. The Morgan fingerprint density at radius 1 is 1.43 bits per heavy atom. The van der Waals surface area contributed by atoms with Crippen LogP contribution >= 0.6 is 0 Å². The van der Waals surface area contributed by atoms with E-state index in [1.807, 2.05) is 26.0 Å². The predicted molar refractivity (Wildman–Crippen MR) is 79.8 cm³/mol. The van der Waals surface area contributed by atoms with Crippen LogP contribution in [0.15, 0.2) is 17.3 Å². The fraction of sp³-hybridized carbons (Fsp3) is 0.500. The van der Waals surface area contributed by atoms with Crippen LogP contribution in [-0.2, 0) is 0 Å². The van der Waals surface area contributed by atoms with E-state index >= 15 is 0 Å². The summed E-state index contributed by atoms with van der Waals surface area (Å²) in [5.74, 6) is 0.145. The molecule has 1 aromatic rings. The van der Waals surface area contributed by atoms with Crippen molar-refractivity contribution in [1.82, 2.24) is 9.88 Å². The Balaban J connectivity index is 2.97. The molecule has 0 atom stereocenters. The zero-order valence-corrected chi connectivity index (χ0v) is 12.4. The first kappa shape index (κ1) is 16.6. The molecule has 0 unspecified atom stereocenters. The highest BCUT2D eigenvalue weighted by Crippen LogP contribution is 2.20. The van der Waals surface area contributed by atoms with Crippen LogP contribution in [0.2, 0.25) is 0 Å². The maximum atomic E-state index is 10.9. The molecule has 0 aliphatic carbocycles. The summed E-state index contributed by atoms with van der Waals surface area (Å²) in [4.78, 5) is 18.4. The number of aromatic nitrogens is 1. The smallest absolute Gasteiger partial charge is 0.298 e. The molecule has 0 radical (unpaired) electrons. The first-order valence-electron chi connectivity index (χ1n) is 6.36. The van der Waals surface area contributed by atoms with Gasteiger partial charge in [0, 0.05) is 19.7 Å². The summed E-state index contributed by atoms with van der Waals surface area (Å²) in [6.07, 6.45) is 0.918. The molecule has 0 bridgehead atoms. The molecule has 1 aromatic heterocycles. The van der Waals surface area contributed by atoms with Gasteiger partial charge in [0.1, 0.15) is 5.82 Å². The van der Waals surface area contributed by atoms with Crippen LogP contribution in [-0.4, -0.2) is 60.1 Å². The van der Waals surface area contributed by atoms with Crippen LogP contribution in [0.3, 0.4) is 0 Å². The number of hydrogen-bond acceptors (Lipinski definition) is 7. The maximum absolute atomic E-state index is 10.9. The van der Waals surface area contributed by atoms with E-state index in [9.17, 15) is 10.1 Å². The third-order valence-corrected chi connectivity index (χ3v) is 2.90. The molecule has 1 rings (SSSR count). The second kappa shape index (κ2) is 7.39. The average Bonchev–Trinajstić information content (AvgIpc) is 2.45. The second-order valence-corrected chi connectivity index (χ2v) is 4.86. The Hall–Kier alpha value is -2.42. The molecule has 0 amide bonds. The quantitative estimate of drug-likeness (QED) is 0.246. The van der Waals surface area contributed by atoms with Crippen molar-refractivity contribution in [2.45, 2.75) is 6.42 Å². The highest BCUT2D eigenvalue weighted by atomic mass is 16.6. The highest BCUT2D eigenvalue weighted by Gasteiger charge is 2.20. The summed E-state index contributed by atoms with van der Waals surface area (Å²) in [5.41, 5.74) is 5.01. The van der Waals surface area contributed by atoms with Crippen molar-refractivity contribution in [1.29, 1.82) is 0 Å². The minimum Gasteiger partial charge on any atom is -0.409 e. The van der Waals surface area contributed by atoms with Gasteiger partial charge < -0.3 is 20.7 Å². The Morgan fingerprint density at radius 3 is 2.62 bits per heavy atom. The third-order valence-electron chi connectivity index (χ3n) is 2.90. The molecule has 9 nitrogen and oxygen atoms in total. The number of nitrogens with two attached hydrogens (primary N) is 1. The van der Waals surface area contributed by atoms with Crippen molar-refractivity contribution < 1.29 is 10.1 Å². The zero-order chi connectivity index (χ0) is 16.0. The number of oxime groups is 1. The Morgan fingerprint density at radius 2 is 2.10 bits per heavy atom. The fourth-order valence-electron chi connectivity index (χ4n) is 1.78. The average molecular weight is 296 g/mol. The molecule has 0 fully saturated rings. The lowest BCUT2D eigenvalue weighted by atomic mass is 10.2. The van der Waals surface area contributed by atoms with E-state index in [0.29, 0.717) is 5.82 Å². The normalized spacial score (nSPS) is 11.7. The number of hydrogen-bond donors (Lipinski definition) is 2. The molecule has 0 aromatic carbocycles. The molecule has 3 N–H and O–H groups in total. The summed E-state index contributed by atoms with van der Waals surface area (Å²) in [6.45, 7) is 1.66. The standard InChI is InChI=1S/C12H20N6O3/c1-16(2)7-4-8-17(3)10-6-5-9(18(20)21)11(14-10)12(13)15-19/h5-6,19H,4,7-8H2,1-3H3,(H2,13,15). The van der Waals surface area contributed by atoms with E-state index in [1.165, 1.54) is 6.07 Å². The van der Waals surface area contributed by atoms with Gasteiger partial charge in [-0.25, -0.2) is 4.98 Å². The summed E-state index contributed by atoms with van der Waals surface area (Å²) in [5, 5.41) is 22.4. The SMILES string of the molecule is CN(C)CCCN(C)c1ccc([N+](=O)[O-])c(/C(N)=N/O)n1. The lowest BCUT2D eigenvalue weighted by Gasteiger charge is -2.19. The van der Waals surface area contributed by atoms with Gasteiger partial charge in [-0.3, -0.25) is 10.1 Å². The van der Waals surface area contributed by atoms with E-state index < -0.39 is 4.92 Å². The molecular formula is C12H20N6O3. The summed E-state index contributed by atoms with van der Waals surface area (Å²) >= 11 is 0. The van der Waals surface area contributed by atoms with Crippen LogP contribution < -0.4 is 10.6 Å². The van der Waals surface area contributed by atoms with Gasteiger partial charge in [0.05, 0.1) is 4.92 Å². The molecule has 0 spiro atoms. The van der Waals surface area contributed by atoms with Gasteiger partial charge in [0.25, 0.3) is 5.69 Å². The molecule has 9 heteroatoms. The molecule has 116 valence electrons. The third kappa shape index (κ3) is 4.56. The monoisotopic (exact) mass is 296 g/mol. The van der Waals surface area contributed by atoms with Crippen LogP contribution in [0.25, 0.3) is 0 Å². The van der Waals surface area contributed by atoms with Crippen molar-refractivity contribution in [2.75, 3.05) is 39.1 Å². The van der Waals surface area contributed by atoms with Crippen LogP contribution in [0.1, 0.15) is 12.1 Å². The van der Waals surface area contributed by atoms with E-state index in [0.717, 1.165) is 19.5 Å². The molecule has 0 saturated heterocycles. The van der Waals surface area contributed by atoms with Gasteiger partial charge in [-0.05, 0) is 33.1 Å². The van der Waals surface area contributed by atoms with Gasteiger partial charge in [0.15, 0.2) is 11.5 Å². The Bertz CT molecular complexity index is 532. The largest absolute Gasteiger partial charge is 0.409 e. The summed E-state index contributed by atoms with van der Waals surface area (Å²) in [6, 6.07) is 2.85. The first-order valence-corrected chi connectivity index (χ1v) is 6.36. The number of anilines is 1. The Labute approximate surface area is 122 Å². The van der Waals surface area contributed by atoms with Gasteiger partial charge >= 0.3 is 0 Å². The van der Waals surface area contributed by atoms with Crippen molar-refractivity contribution >= 4 is 17.3 Å². The molecule has 0 aliphatic rings. The second-order valence-electron chi connectivity index (χ2n) is 4.86. The molecule has 1 heterocycles. The number of amidine groups is 1. The van der Waals surface area contributed by atoms with E-state index in [-0.39, 0.29) is 17.2 Å². The molecule has 21 heavy (non-hydrogen) atoms. The lowest BCUT2D eigenvalue weighted by Crippen LogP contribution is -2.25. The lowest BCUT2D eigenvalue weighted by molar-refractivity contribution is -0.385. The summed E-state index contributed by atoms with van der Waals surface area (Å²) < 4.78 is 0. The van der Waals surface area contributed by atoms with Crippen LogP contribution in [0.5, 0.6) is 0 Å². The van der Waals surface area contributed by atoms with Crippen molar-refractivity contribution in [3.8, 4) is 0 Å². The van der Waals surface area contributed by atoms with E-state index in [4.69, 9.17) is 10.9 Å². The molecular weight excluding hydrogens is 276 g/mol. The predicted octanol–water partition coefficient (Wildman–Crippen LogP) is 0.472. The number of nitrogens with zero attached hydrogens (tertiary/aromatic N) is 5. The minimum atomic E-state index is -0.615. The number of pyridine rings is 1.